The predicted octanol–water partition coefficient (Wildman–Crippen LogP) is 3.74. The molecule has 2 saturated carbocycles. The van der Waals surface area contributed by atoms with Crippen LogP contribution >= 0.6 is 0 Å². The highest BCUT2D eigenvalue weighted by molar-refractivity contribution is 5.09. The van der Waals surface area contributed by atoms with Crippen molar-refractivity contribution >= 4 is 0 Å². The number of rotatable bonds is 7. The van der Waals surface area contributed by atoms with E-state index < -0.39 is 0 Å². The molecule has 2 aromatic heterocycles. The second kappa shape index (κ2) is 7.86. The molecule has 4 rings (SSSR count). The summed E-state index contributed by atoms with van der Waals surface area (Å²) in [5.41, 5.74) is -0.0884. The van der Waals surface area contributed by atoms with Crippen molar-refractivity contribution in [3.05, 3.63) is 23.5 Å². The second-order valence-electron chi connectivity index (χ2n) is 7.80. The molecule has 2 fully saturated rings. The van der Waals surface area contributed by atoms with Crippen LogP contribution in [-0.4, -0.2) is 34.1 Å². The van der Waals surface area contributed by atoms with Gasteiger partial charge in [0.25, 0.3) is 0 Å². The van der Waals surface area contributed by atoms with E-state index in [-0.39, 0.29) is 5.41 Å². The highest BCUT2D eigenvalue weighted by atomic mass is 16.5. The summed E-state index contributed by atoms with van der Waals surface area (Å²) in [6.07, 6.45) is 11.9. The zero-order valence-corrected chi connectivity index (χ0v) is 15.6. The Kier molecular flexibility index (Phi) is 5.33. The predicted molar refractivity (Wildman–Crippen MR) is 93.9 cm³/mol. The first-order valence-corrected chi connectivity index (χ1v) is 9.93. The Balaban J connectivity index is 1.38. The first-order chi connectivity index (χ1) is 12.8. The van der Waals surface area contributed by atoms with Crippen molar-refractivity contribution in [1.29, 1.82) is 0 Å². The smallest absolute Gasteiger partial charge is 0.227 e. The van der Waals surface area contributed by atoms with Crippen molar-refractivity contribution in [2.24, 2.45) is 0 Å². The molecule has 0 N–H and O–H groups in total. The minimum absolute atomic E-state index is 0.0884. The van der Waals surface area contributed by atoms with E-state index in [4.69, 9.17) is 13.7 Å². The van der Waals surface area contributed by atoms with E-state index in [2.05, 4.69) is 20.3 Å². The van der Waals surface area contributed by atoms with Crippen LogP contribution in [0.5, 0.6) is 0 Å². The molecule has 2 aliphatic carbocycles. The summed E-state index contributed by atoms with van der Waals surface area (Å²) in [6, 6.07) is 0. The lowest BCUT2D eigenvalue weighted by Gasteiger charge is -2.33. The lowest BCUT2D eigenvalue weighted by atomic mass is 9.74. The topological polar surface area (TPSA) is 87.1 Å². The maximum absolute atomic E-state index is 5.84. The molecule has 2 aromatic rings. The Bertz CT molecular complexity index is 694. The van der Waals surface area contributed by atoms with Gasteiger partial charge in [0.05, 0.1) is 12.0 Å². The van der Waals surface area contributed by atoms with Crippen LogP contribution in [0.1, 0.15) is 87.2 Å². The zero-order valence-electron chi connectivity index (χ0n) is 15.6. The van der Waals surface area contributed by atoms with Crippen LogP contribution in [0.15, 0.2) is 8.94 Å². The standard InChI is InChI=1S/C19H28N4O3/c1-24-13-19(11-5-2-6-12-19)18-20-15(26-23-18)9-10-16-21-22-17(25-16)14-7-3-4-8-14/h14H,2-13H2,1H3. The van der Waals surface area contributed by atoms with Crippen LogP contribution in [0.4, 0.5) is 0 Å². The number of ether oxygens (including phenoxy) is 1. The van der Waals surface area contributed by atoms with E-state index >= 15 is 0 Å². The molecule has 7 nitrogen and oxygen atoms in total. The van der Waals surface area contributed by atoms with Gasteiger partial charge in [-0.3, -0.25) is 0 Å². The van der Waals surface area contributed by atoms with Crippen LogP contribution in [0.3, 0.4) is 0 Å². The molecule has 0 amide bonds. The van der Waals surface area contributed by atoms with Gasteiger partial charge in [-0.15, -0.1) is 10.2 Å². The Labute approximate surface area is 153 Å². The van der Waals surface area contributed by atoms with Crippen molar-refractivity contribution in [2.75, 3.05) is 13.7 Å². The van der Waals surface area contributed by atoms with Crippen LogP contribution in [-0.2, 0) is 23.0 Å². The first kappa shape index (κ1) is 17.6. The SMILES string of the molecule is COCC1(c2noc(CCc3nnc(C4CCCC4)o3)n2)CCCCC1. The third-order valence-corrected chi connectivity index (χ3v) is 5.91. The lowest BCUT2D eigenvalue weighted by Crippen LogP contribution is -2.35. The Morgan fingerprint density at radius 2 is 1.77 bits per heavy atom. The molecule has 0 aromatic carbocycles. The number of hydrogen-bond acceptors (Lipinski definition) is 7. The second-order valence-corrected chi connectivity index (χ2v) is 7.80. The molecule has 0 atom stereocenters. The van der Waals surface area contributed by atoms with Gasteiger partial charge >= 0.3 is 0 Å². The van der Waals surface area contributed by atoms with Crippen LogP contribution in [0.2, 0.25) is 0 Å². The van der Waals surface area contributed by atoms with Gasteiger partial charge in [0, 0.05) is 25.9 Å². The summed E-state index contributed by atoms with van der Waals surface area (Å²) in [7, 11) is 1.74. The minimum Gasteiger partial charge on any atom is -0.425 e. The molecule has 142 valence electrons. The van der Waals surface area contributed by atoms with Crippen LogP contribution in [0, 0.1) is 0 Å². The number of methoxy groups -OCH3 is 1. The fourth-order valence-corrected chi connectivity index (χ4v) is 4.43. The third kappa shape index (κ3) is 3.68. The van der Waals surface area contributed by atoms with Gasteiger partial charge in [-0.05, 0) is 25.7 Å². The van der Waals surface area contributed by atoms with E-state index in [9.17, 15) is 0 Å². The van der Waals surface area contributed by atoms with Gasteiger partial charge in [0.1, 0.15) is 0 Å². The molecule has 0 bridgehead atoms. The van der Waals surface area contributed by atoms with E-state index in [1.807, 2.05) is 0 Å². The van der Waals surface area contributed by atoms with E-state index in [1.54, 1.807) is 7.11 Å². The van der Waals surface area contributed by atoms with Crippen molar-refractivity contribution in [3.8, 4) is 0 Å². The first-order valence-electron chi connectivity index (χ1n) is 9.93. The molecule has 0 spiro atoms. The zero-order chi connectivity index (χ0) is 17.8. The molecular formula is C19H28N4O3. The van der Waals surface area contributed by atoms with Crippen molar-refractivity contribution in [3.63, 3.8) is 0 Å². The summed E-state index contributed by atoms with van der Waals surface area (Å²) in [5.74, 6) is 3.35. The van der Waals surface area contributed by atoms with Gasteiger partial charge in [0.15, 0.2) is 5.82 Å². The Morgan fingerprint density at radius 3 is 2.54 bits per heavy atom. The van der Waals surface area contributed by atoms with E-state index in [0.29, 0.717) is 37.1 Å². The quantitative estimate of drug-likeness (QED) is 0.743. The summed E-state index contributed by atoms with van der Waals surface area (Å²) in [4.78, 5) is 4.68. The van der Waals surface area contributed by atoms with Crippen LogP contribution in [0.25, 0.3) is 0 Å². The normalized spacial score (nSPS) is 20.7. The van der Waals surface area contributed by atoms with Crippen molar-refractivity contribution < 1.29 is 13.7 Å². The molecular weight excluding hydrogens is 332 g/mol. The molecule has 2 aliphatic rings. The van der Waals surface area contributed by atoms with Gasteiger partial charge in [0.2, 0.25) is 17.7 Å². The molecule has 0 aliphatic heterocycles. The minimum atomic E-state index is -0.0884. The van der Waals surface area contributed by atoms with Gasteiger partial charge in [-0.25, -0.2) is 0 Å². The third-order valence-electron chi connectivity index (χ3n) is 5.91. The molecule has 0 unspecified atom stereocenters. The maximum atomic E-state index is 5.84. The molecule has 0 radical (unpaired) electrons. The van der Waals surface area contributed by atoms with E-state index in [1.165, 1.54) is 32.1 Å². The fraction of sp³-hybridized carbons (Fsp3) is 0.789. The van der Waals surface area contributed by atoms with Gasteiger partial charge < -0.3 is 13.7 Å². The van der Waals surface area contributed by atoms with Crippen molar-refractivity contribution in [1.82, 2.24) is 20.3 Å². The average Bonchev–Trinajstić information content (AvgIpc) is 3.41. The summed E-state index contributed by atoms with van der Waals surface area (Å²) >= 11 is 0. The fourth-order valence-electron chi connectivity index (χ4n) is 4.43. The molecule has 0 saturated heterocycles. The van der Waals surface area contributed by atoms with Gasteiger partial charge in [-0.2, -0.15) is 4.98 Å². The maximum Gasteiger partial charge on any atom is 0.227 e. The largest absolute Gasteiger partial charge is 0.425 e. The van der Waals surface area contributed by atoms with E-state index in [0.717, 1.165) is 37.4 Å². The molecule has 2 heterocycles. The Morgan fingerprint density at radius 1 is 1.00 bits per heavy atom. The highest BCUT2D eigenvalue weighted by Gasteiger charge is 2.38. The summed E-state index contributed by atoms with van der Waals surface area (Å²) in [6.45, 7) is 0.653. The van der Waals surface area contributed by atoms with Crippen LogP contribution < -0.4 is 0 Å². The number of nitrogens with zero attached hydrogens (tertiary/aromatic N) is 4. The average molecular weight is 360 g/mol. The summed E-state index contributed by atoms with van der Waals surface area (Å²) in [5, 5.41) is 12.7. The number of aromatic nitrogens is 4. The van der Waals surface area contributed by atoms with Gasteiger partial charge in [-0.1, -0.05) is 37.3 Å². The monoisotopic (exact) mass is 360 g/mol. The lowest BCUT2D eigenvalue weighted by molar-refractivity contribution is 0.0961. The molecule has 7 heteroatoms. The number of aryl methyl sites for hydroxylation is 2. The van der Waals surface area contributed by atoms with Crippen molar-refractivity contribution in [2.45, 2.75) is 82.0 Å². The summed E-state index contributed by atoms with van der Waals surface area (Å²) < 4.78 is 16.8. The number of hydrogen-bond donors (Lipinski definition) is 0. The molecule has 26 heavy (non-hydrogen) atoms. The Hall–Kier alpha value is -1.76. The highest BCUT2D eigenvalue weighted by Crippen LogP contribution is 2.38.